The first-order chi connectivity index (χ1) is 14.7. The number of hydrogen-bond donors (Lipinski definition) is 1. The fourth-order valence-electron chi connectivity index (χ4n) is 3.52. The molecule has 2 aromatic heterocycles. The summed E-state index contributed by atoms with van der Waals surface area (Å²) in [4.78, 5) is 25.8. The quantitative estimate of drug-likeness (QED) is 0.459. The van der Waals surface area contributed by atoms with E-state index in [1.165, 1.54) is 9.96 Å². The summed E-state index contributed by atoms with van der Waals surface area (Å²) in [7, 11) is 0. The van der Waals surface area contributed by atoms with Crippen molar-refractivity contribution in [3.8, 4) is 6.07 Å². The van der Waals surface area contributed by atoms with E-state index in [9.17, 15) is 14.9 Å². The van der Waals surface area contributed by atoms with E-state index in [4.69, 9.17) is 4.74 Å². The zero-order chi connectivity index (χ0) is 20.9. The van der Waals surface area contributed by atoms with Gasteiger partial charge >= 0.3 is 5.97 Å². The highest BCUT2D eigenvalue weighted by molar-refractivity contribution is 6.04. The Balaban J connectivity index is 1.61. The van der Waals surface area contributed by atoms with Gasteiger partial charge < -0.3 is 10.1 Å². The second kappa shape index (κ2) is 8.83. The zero-order valence-electron chi connectivity index (χ0n) is 16.6. The zero-order valence-corrected chi connectivity index (χ0v) is 16.6. The largest absolute Gasteiger partial charge is 0.462 e. The third-order valence-electron chi connectivity index (χ3n) is 5.31. The Morgan fingerprint density at radius 1 is 1.17 bits per heavy atom. The lowest BCUT2D eigenvalue weighted by Crippen LogP contribution is -2.24. The number of nitrogens with zero attached hydrogens (tertiary/aromatic N) is 2. The van der Waals surface area contributed by atoms with Gasteiger partial charge in [-0.2, -0.15) is 5.26 Å². The molecule has 0 aliphatic heterocycles. The molecule has 0 bridgehead atoms. The number of hydrogen-bond acceptors (Lipinski definition) is 5. The summed E-state index contributed by atoms with van der Waals surface area (Å²) in [5.74, 6) is -0.0120. The van der Waals surface area contributed by atoms with Crippen molar-refractivity contribution in [1.82, 2.24) is 4.40 Å². The number of anilines is 1. The highest BCUT2D eigenvalue weighted by atomic mass is 16.5. The van der Waals surface area contributed by atoms with Crippen molar-refractivity contribution >= 4 is 17.2 Å². The lowest BCUT2D eigenvalue weighted by atomic mass is 10.1. The van der Waals surface area contributed by atoms with Crippen molar-refractivity contribution in [3.63, 3.8) is 0 Å². The standard InChI is InChI=1S/C24H23N3O3/c25-15-19-22(26-16-18-11-12-18)21(20-10-4-5-13-27(20)23(19)28)24(29)30-14-6-9-17-7-2-1-3-8-17/h1-5,7-8,10,13,18,26H,6,9,11-12,14,16H2. The predicted molar refractivity (Wildman–Crippen MR) is 115 cm³/mol. The number of nitriles is 1. The van der Waals surface area contributed by atoms with Crippen LogP contribution in [0.5, 0.6) is 0 Å². The molecule has 1 N–H and O–H groups in total. The Labute approximate surface area is 174 Å². The number of ether oxygens (including phenoxy) is 1. The molecule has 0 amide bonds. The number of nitrogens with one attached hydrogen (secondary N) is 1. The number of aromatic nitrogens is 1. The summed E-state index contributed by atoms with van der Waals surface area (Å²) in [5, 5.41) is 12.8. The van der Waals surface area contributed by atoms with Crippen LogP contribution < -0.4 is 10.9 Å². The second-order valence-electron chi connectivity index (χ2n) is 7.55. The average molecular weight is 401 g/mol. The van der Waals surface area contributed by atoms with Crippen molar-refractivity contribution in [2.75, 3.05) is 18.5 Å². The van der Waals surface area contributed by atoms with E-state index < -0.39 is 11.5 Å². The number of aryl methyl sites for hydroxylation is 1. The second-order valence-corrected chi connectivity index (χ2v) is 7.55. The molecule has 4 rings (SSSR count). The van der Waals surface area contributed by atoms with Crippen LogP contribution in [0.15, 0.2) is 59.5 Å². The van der Waals surface area contributed by atoms with E-state index in [2.05, 4.69) is 5.32 Å². The first kappa shape index (κ1) is 19.7. The van der Waals surface area contributed by atoms with Gasteiger partial charge in [0.1, 0.15) is 17.2 Å². The summed E-state index contributed by atoms with van der Waals surface area (Å²) in [6, 6.07) is 17.1. The van der Waals surface area contributed by atoms with Crippen molar-refractivity contribution in [3.05, 3.63) is 81.8 Å². The Morgan fingerprint density at radius 3 is 2.67 bits per heavy atom. The van der Waals surface area contributed by atoms with Gasteiger partial charge in [0.25, 0.3) is 5.56 Å². The number of benzene rings is 1. The molecular formula is C24H23N3O3. The van der Waals surface area contributed by atoms with Crippen molar-refractivity contribution in [1.29, 1.82) is 5.26 Å². The summed E-state index contributed by atoms with van der Waals surface area (Å²) < 4.78 is 6.89. The molecule has 1 fully saturated rings. The first-order valence-corrected chi connectivity index (χ1v) is 10.2. The number of esters is 1. The van der Waals surface area contributed by atoms with E-state index in [0.717, 1.165) is 19.3 Å². The molecule has 3 aromatic rings. The van der Waals surface area contributed by atoms with Gasteiger partial charge in [-0.25, -0.2) is 4.79 Å². The number of carbonyl (C=O) groups is 1. The van der Waals surface area contributed by atoms with Crippen LogP contribution in [0.1, 0.15) is 40.7 Å². The van der Waals surface area contributed by atoms with Gasteiger partial charge in [-0.3, -0.25) is 9.20 Å². The summed E-state index contributed by atoms with van der Waals surface area (Å²) >= 11 is 0. The maximum absolute atomic E-state index is 13.0. The van der Waals surface area contributed by atoms with Crippen LogP contribution in [-0.2, 0) is 11.2 Å². The highest BCUT2D eigenvalue weighted by Crippen LogP contribution is 2.31. The average Bonchev–Trinajstić information content (AvgIpc) is 3.60. The Hall–Kier alpha value is -3.59. The lowest BCUT2D eigenvalue weighted by molar-refractivity contribution is 0.0503. The van der Waals surface area contributed by atoms with Crippen LogP contribution >= 0.6 is 0 Å². The SMILES string of the molecule is N#Cc1c(NCC2CC2)c(C(=O)OCCCc2ccccc2)c2ccccn2c1=O. The molecule has 0 saturated heterocycles. The lowest BCUT2D eigenvalue weighted by Gasteiger charge is -2.16. The van der Waals surface area contributed by atoms with E-state index in [-0.39, 0.29) is 23.4 Å². The number of fused-ring (bicyclic) bond motifs is 1. The molecule has 152 valence electrons. The third-order valence-corrected chi connectivity index (χ3v) is 5.31. The molecule has 0 atom stereocenters. The highest BCUT2D eigenvalue weighted by Gasteiger charge is 2.26. The molecular weight excluding hydrogens is 378 g/mol. The van der Waals surface area contributed by atoms with E-state index in [0.29, 0.717) is 24.4 Å². The number of carbonyl (C=O) groups excluding carboxylic acids is 1. The van der Waals surface area contributed by atoms with Crippen LogP contribution in [0.3, 0.4) is 0 Å². The molecule has 0 unspecified atom stereocenters. The monoisotopic (exact) mass is 401 g/mol. The Morgan fingerprint density at radius 2 is 1.93 bits per heavy atom. The Bertz CT molecular complexity index is 1160. The minimum atomic E-state index is -0.526. The van der Waals surface area contributed by atoms with Gasteiger partial charge in [0.2, 0.25) is 0 Å². The number of rotatable bonds is 8. The van der Waals surface area contributed by atoms with Crippen LogP contribution in [0.25, 0.3) is 5.52 Å². The summed E-state index contributed by atoms with van der Waals surface area (Å²) in [5.41, 5.74) is 1.65. The minimum Gasteiger partial charge on any atom is -0.462 e. The molecule has 2 heterocycles. The van der Waals surface area contributed by atoms with Crippen LogP contribution in [0.4, 0.5) is 5.69 Å². The van der Waals surface area contributed by atoms with E-state index >= 15 is 0 Å². The predicted octanol–water partition coefficient (Wildman–Crippen LogP) is 3.78. The number of pyridine rings is 2. The van der Waals surface area contributed by atoms with Gasteiger partial charge in [0.05, 0.1) is 17.8 Å². The fraction of sp³-hybridized carbons (Fsp3) is 0.292. The van der Waals surface area contributed by atoms with Gasteiger partial charge in [0, 0.05) is 12.7 Å². The van der Waals surface area contributed by atoms with E-state index in [1.807, 2.05) is 36.4 Å². The molecule has 1 aliphatic carbocycles. The van der Waals surface area contributed by atoms with Gasteiger partial charge in [-0.05, 0) is 49.3 Å². The summed E-state index contributed by atoms with van der Waals surface area (Å²) in [6.07, 6.45) is 5.28. The molecule has 1 aliphatic rings. The molecule has 1 saturated carbocycles. The molecule has 0 radical (unpaired) electrons. The minimum absolute atomic E-state index is 0.0596. The Kier molecular flexibility index (Phi) is 5.80. The van der Waals surface area contributed by atoms with Gasteiger partial charge in [0.15, 0.2) is 0 Å². The third kappa shape index (κ3) is 4.20. The molecule has 6 heteroatoms. The molecule has 6 nitrogen and oxygen atoms in total. The van der Waals surface area contributed by atoms with Crippen LogP contribution in [0.2, 0.25) is 0 Å². The van der Waals surface area contributed by atoms with Crippen molar-refractivity contribution in [2.45, 2.75) is 25.7 Å². The summed E-state index contributed by atoms with van der Waals surface area (Å²) in [6.45, 7) is 0.890. The first-order valence-electron chi connectivity index (χ1n) is 10.2. The van der Waals surface area contributed by atoms with Crippen LogP contribution in [-0.4, -0.2) is 23.5 Å². The molecule has 30 heavy (non-hydrogen) atoms. The topological polar surface area (TPSA) is 83.6 Å². The smallest absolute Gasteiger partial charge is 0.342 e. The van der Waals surface area contributed by atoms with Crippen LogP contribution in [0, 0.1) is 17.2 Å². The maximum Gasteiger partial charge on any atom is 0.342 e. The normalized spacial score (nSPS) is 13.0. The van der Waals surface area contributed by atoms with E-state index in [1.54, 1.807) is 24.4 Å². The van der Waals surface area contributed by atoms with Gasteiger partial charge in [-0.15, -0.1) is 0 Å². The van der Waals surface area contributed by atoms with Crippen molar-refractivity contribution in [2.24, 2.45) is 5.92 Å². The fourth-order valence-corrected chi connectivity index (χ4v) is 3.52. The van der Waals surface area contributed by atoms with Crippen molar-refractivity contribution < 1.29 is 9.53 Å². The molecule has 1 aromatic carbocycles. The molecule has 0 spiro atoms. The maximum atomic E-state index is 13.0. The van der Waals surface area contributed by atoms with Gasteiger partial charge in [-0.1, -0.05) is 36.4 Å².